The topological polar surface area (TPSA) is 58.2 Å². The van der Waals surface area contributed by atoms with E-state index in [1.807, 2.05) is 51.1 Å². The second kappa shape index (κ2) is 9.02. The summed E-state index contributed by atoms with van der Waals surface area (Å²) in [7, 11) is 0. The average molecular weight is 338 g/mol. The molecule has 4 nitrogen and oxygen atoms in total. The molecule has 0 spiro atoms. The van der Waals surface area contributed by atoms with E-state index in [-0.39, 0.29) is 24.3 Å². The van der Waals surface area contributed by atoms with Gasteiger partial charge >= 0.3 is 0 Å². The first kappa shape index (κ1) is 18.7. The SMILES string of the molecule is Cc1ccc(C)c(C(C)NC(=O)CCNC(=O)Cc2ccccc2)c1. The summed E-state index contributed by atoms with van der Waals surface area (Å²) in [5.41, 5.74) is 4.43. The van der Waals surface area contributed by atoms with Gasteiger partial charge in [-0.15, -0.1) is 0 Å². The van der Waals surface area contributed by atoms with E-state index in [1.54, 1.807) is 0 Å². The Kier molecular flexibility index (Phi) is 6.75. The first-order chi connectivity index (χ1) is 12.0. The molecule has 4 heteroatoms. The van der Waals surface area contributed by atoms with Gasteiger partial charge in [-0.25, -0.2) is 0 Å². The van der Waals surface area contributed by atoms with Gasteiger partial charge in [0.25, 0.3) is 0 Å². The highest BCUT2D eigenvalue weighted by atomic mass is 16.2. The van der Waals surface area contributed by atoms with E-state index >= 15 is 0 Å². The average Bonchev–Trinajstić information content (AvgIpc) is 2.57. The number of hydrogen-bond acceptors (Lipinski definition) is 2. The summed E-state index contributed by atoms with van der Waals surface area (Å²) in [6.45, 7) is 6.41. The molecule has 0 aromatic heterocycles. The number of carbonyl (C=O) groups is 2. The molecule has 0 aliphatic rings. The van der Waals surface area contributed by atoms with Crippen molar-refractivity contribution < 1.29 is 9.59 Å². The van der Waals surface area contributed by atoms with Crippen molar-refractivity contribution in [3.05, 3.63) is 70.8 Å². The number of carbonyl (C=O) groups excluding carboxylic acids is 2. The Morgan fingerprint density at radius 2 is 1.72 bits per heavy atom. The largest absolute Gasteiger partial charge is 0.355 e. The van der Waals surface area contributed by atoms with Crippen LogP contribution in [-0.4, -0.2) is 18.4 Å². The molecule has 0 aliphatic heterocycles. The Labute approximate surface area is 149 Å². The van der Waals surface area contributed by atoms with Crippen LogP contribution in [0.5, 0.6) is 0 Å². The Morgan fingerprint density at radius 3 is 2.44 bits per heavy atom. The minimum Gasteiger partial charge on any atom is -0.355 e. The summed E-state index contributed by atoms with van der Waals surface area (Å²) in [6.07, 6.45) is 0.608. The van der Waals surface area contributed by atoms with Crippen LogP contribution in [0, 0.1) is 13.8 Å². The maximum Gasteiger partial charge on any atom is 0.224 e. The molecule has 2 N–H and O–H groups in total. The van der Waals surface area contributed by atoms with Crippen LogP contribution in [0.1, 0.15) is 41.6 Å². The Bertz CT molecular complexity index is 726. The van der Waals surface area contributed by atoms with E-state index < -0.39 is 0 Å². The predicted octanol–water partition coefficient (Wildman–Crippen LogP) is 3.23. The lowest BCUT2D eigenvalue weighted by molar-refractivity contribution is -0.122. The monoisotopic (exact) mass is 338 g/mol. The maximum atomic E-state index is 12.1. The second-order valence-electron chi connectivity index (χ2n) is 6.41. The maximum absolute atomic E-state index is 12.1. The van der Waals surface area contributed by atoms with Gasteiger partial charge in [-0.2, -0.15) is 0 Å². The van der Waals surface area contributed by atoms with Crippen LogP contribution in [0.2, 0.25) is 0 Å². The molecule has 2 aromatic carbocycles. The zero-order valence-corrected chi connectivity index (χ0v) is 15.1. The normalized spacial score (nSPS) is 11.6. The highest BCUT2D eigenvalue weighted by Crippen LogP contribution is 2.18. The fourth-order valence-electron chi connectivity index (χ4n) is 2.78. The molecular formula is C21H26N2O2. The van der Waals surface area contributed by atoms with Crippen LogP contribution in [0.4, 0.5) is 0 Å². The second-order valence-corrected chi connectivity index (χ2v) is 6.41. The van der Waals surface area contributed by atoms with Crippen molar-refractivity contribution in [3.8, 4) is 0 Å². The molecule has 0 saturated heterocycles. The highest BCUT2D eigenvalue weighted by molar-refractivity contribution is 5.80. The lowest BCUT2D eigenvalue weighted by Crippen LogP contribution is -2.32. The number of amides is 2. The Balaban J connectivity index is 1.75. The van der Waals surface area contributed by atoms with Crippen LogP contribution >= 0.6 is 0 Å². The molecule has 132 valence electrons. The number of nitrogens with one attached hydrogen (secondary N) is 2. The van der Waals surface area contributed by atoms with E-state index in [9.17, 15) is 9.59 Å². The fraction of sp³-hybridized carbons (Fsp3) is 0.333. The van der Waals surface area contributed by atoms with Crippen molar-refractivity contribution in [2.45, 2.75) is 39.7 Å². The summed E-state index contributed by atoms with van der Waals surface area (Å²) in [5.74, 6) is -0.130. The summed E-state index contributed by atoms with van der Waals surface area (Å²) in [4.78, 5) is 24.0. The number of hydrogen-bond donors (Lipinski definition) is 2. The molecule has 0 radical (unpaired) electrons. The Hall–Kier alpha value is -2.62. The van der Waals surface area contributed by atoms with E-state index in [4.69, 9.17) is 0 Å². The van der Waals surface area contributed by atoms with Crippen molar-refractivity contribution in [2.75, 3.05) is 6.54 Å². The third-order valence-corrected chi connectivity index (χ3v) is 4.16. The van der Waals surface area contributed by atoms with Crippen molar-refractivity contribution in [2.24, 2.45) is 0 Å². The molecular weight excluding hydrogens is 312 g/mol. The van der Waals surface area contributed by atoms with Gasteiger partial charge in [0.05, 0.1) is 12.5 Å². The molecule has 2 rings (SSSR count). The van der Waals surface area contributed by atoms with E-state index in [0.29, 0.717) is 13.0 Å². The van der Waals surface area contributed by atoms with Crippen molar-refractivity contribution in [1.29, 1.82) is 0 Å². The summed E-state index contributed by atoms with van der Waals surface area (Å²) in [5, 5.41) is 5.79. The van der Waals surface area contributed by atoms with E-state index in [0.717, 1.165) is 16.7 Å². The zero-order valence-electron chi connectivity index (χ0n) is 15.1. The Morgan fingerprint density at radius 1 is 1.00 bits per heavy atom. The fourth-order valence-corrected chi connectivity index (χ4v) is 2.78. The summed E-state index contributed by atoms with van der Waals surface area (Å²) >= 11 is 0. The number of rotatable bonds is 7. The molecule has 2 aromatic rings. The van der Waals surface area contributed by atoms with Gasteiger partial charge in [-0.05, 0) is 37.5 Å². The molecule has 0 saturated carbocycles. The minimum absolute atomic E-state index is 0.0487. The van der Waals surface area contributed by atoms with Crippen molar-refractivity contribution in [3.63, 3.8) is 0 Å². The lowest BCUT2D eigenvalue weighted by Gasteiger charge is -2.17. The molecule has 0 aliphatic carbocycles. The van der Waals surface area contributed by atoms with Crippen LogP contribution in [0.25, 0.3) is 0 Å². The third-order valence-electron chi connectivity index (χ3n) is 4.16. The number of aryl methyl sites for hydroxylation is 2. The molecule has 0 fully saturated rings. The van der Waals surface area contributed by atoms with Gasteiger partial charge in [-0.3, -0.25) is 9.59 Å². The van der Waals surface area contributed by atoms with Gasteiger partial charge in [0, 0.05) is 13.0 Å². The van der Waals surface area contributed by atoms with Gasteiger partial charge in [0.2, 0.25) is 11.8 Å². The first-order valence-corrected chi connectivity index (χ1v) is 8.63. The quantitative estimate of drug-likeness (QED) is 0.814. The van der Waals surface area contributed by atoms with Gasteiger partial charge in [-0.1, -0.05) is 54.1 Å². The van der Waals surface area contributed by atoms with Gasteiger partial charge in [0.15, 0.2) is 0 Å². The van der Waals surface area contributed by atoms with E-state index in [1.165, 1.54) is 5.56 Å². The summed E-state index contributed by atoms with van der Waals surface area (Å²) in [6, 6.07) is 15.7. The van der Waals surface area contributed by atoms with Gasteiger partial charge < -0.3 is 10.6 Å². The van der Waals surface area contributed by atoms with E-state index in [2.05, 4.69) is 28.8 Å². The van der Waals surface area contributed by atoms with Crippen LogP contribution < -0.4 is 10.6 Å². The van der Waals surface area contributed by atoms with Crippen LogP contribution in [0.3, 0.4) is 0 Å². The molecule has 0 bridgehead atoms. The van der Waals surface area contributed by atoms with Crippen LogP contribution in [-0.2, 0) is 16.0 Å². The third kappa shape index (κ3) is 6.07. The molecule has 2 amide bonds. The van der Waals surface area contributed by atoms with Crippen LogP contribution in [0.15, 0.2) is 48.5 Å². The number of benzene rings is 2. The highest BCUT2D eigenvalue weighted by Gasteiger charge is 2.12. The van der Waals surface area contributed by atoms with Gasteiger partial charge in [0.1, 0.15) is 0 Å². The molecule has 1 atom stereocenters. The van der Waals surface area contributed by atoms with Crippen molar-refractivity contribution >= 4 is 11.8 Å². The minimum atomic E-state index is -0.0680. The molecule has 1 unspecified atom stereocenters. The van der Waals surface area contributed by atoms with Crippen molar-refractivity contribution in [1.82, 2.24) is 10.6 Å². The standard InChI is InChI=1S/C21H26N2O2/c1-15-9-10-16(2)19(13-15)17(3)23-20(24)11-12-22-21(25)14-18-7-5-4-6-8-18/h4-10,13,17H,11-12,14H2,1-3H3,(H,22,25)(H,23,24). The molecule has 25 heavy (non-hydrogen) atoms. The lowest BCUT2D eigenvalue weighted by atomic mass is 10.00. The zero-order chi connectivity index (χ0) is 18.2. The first-order valence-electron chi connectivity index (χ1n) is 8.63. The predicted molar refractivity (Wildman–Crippen MR) is 100 cm³/mol. The smallest absolute Gasteiger partial charge is 0.224 e. The summed E-state index contributed by atoms with van der Waals surface area (Å²) < 4.78 is 0. The molecule has 0 heterocycles.